The Bertz CT molecular complexity index is 1530. The summed E-state index contributed by atoms with van der Waals surface area (Å²) in [5.74, 6) is -0.443. The van der Waals surface area contributed by atoms with Gasteiger partial charge in [-0.05, 0) is 96.3 Å². The van der Waals surface area contributed by atoms with Crippen molar-refractivity contribution in [3.8, 4) is 0 Å². The number of aliphatic hydroxyl groups is 3. The van der Waals surface area contributed by atoms with Gasteiger partial charge in [0.1, 0.15) is 30.5 Å². The Morgan fingerprint density at radius 2 is 1.03 bits per heavy atom. The van der Waals surface area contributed by atoms with Gasteiger partial charge in [0.05, 0.1) is 19.8 Å². The van der Waals surface area contributed by atoms with E-state index in [4.69, 9.17) is 18.9 Å². The van der Waals surface area contributed by atoms with Gasteiger partial charge in [0.2, 0.25) is 0 Å². The van der Waals surface area contributed by atoms with Crippen molar-refractivity contribution in [1.29, 1.82) is 0 Å². The molecule has 6 atom stereocenters. The van der Waals surface area contributed by atoms with E-state index < -0.39 is 59.8 Å². The van der Waals surface area contributed by atoms with Crippen molar-refractivity contribution in [2.45, 2.75) is 179 Å². The van der Waals surface area contributed by atoms with Crippen LogP contribution in [0.1, 0.15) is 142 Å². The van der Waals surface area contributed by atoms with Crippen molar-refractivity contribution in [3.05, 3.63) is 109 Å². The predicted octanol–water partition coefficient (Wildman–Crippen LogP) is 10.4. The van der Waals surface area contributed by atoms with E-state index in [9.17, 15) is 33.1 Å². The minimum Gasteiger partial charge on any atom is -0.457 e. The summed E-state index contributed by atoms with van der Waals surface area (Å²) in [5, 5.41) is 30.7. The minimum atomic E-state index is -5.08. The minimum absolute atomic E-state index is 0.00145. The van der Waals surface area contributed by atoms with E-state index in [-0.39, 0.29) is 19.6 Å². The van der Waals surface area contributed by atoms with Crippen LogP contribution in [-0.4, -0.2) is 97.5 Å². The number of carbonyl (C=O) groups is 1. The molecule has 1 fully saturated rings. The van der Waals surface area contributed by atoms with Gasteiger partial charge in [0, 0.05) is 13.0 Å². The molecule has 0 aromatic heterocycles. The average Bonchev–Trinajstić information content (AvgIpc) is 3.27. The molecule has 12 nitrogen and oxygen atoms in total. The molecule has 0 saturated carbocycles. The summed E-state index contributed by atoms with van der Waals surface area (Å²) in [5.41, 5.74) is 0. The molecule has 0 bridgehead atoms. The smallest absolute Gasteiger partial charge is 0.397 e. The highest BCUT2D eigenvalue weighted by Gasteiger charge is 2.48. The van der Waals surface area contributed by atoms with Gasteiger partial charge in [-0.3, -0.25) is 9.35 Å². The number of hydrogen-bond acceptors (Lipinski definition) is 11. The summed E-state index contributed by atoms with van der Waals surface area (Å²) in [4.78, 5) is 12.9. The first-order valence-corrected chi connectivity index (χ1v) is 25.0. The third-order valence-electron chi connectivity index (χ3n) is 9.89. The molecular formula is C51H82O12S. The highest BCUT2D eigenvalue weighted by Crippen LogP contribution is 2.26. The second-order valence-corrected chi connectivity index (χ2v) is 16.6. The van der Waals surface area contributed by atoms with E-state index in [1.807, 2.05) is 0 Å². The summed E-state index contributed by atoms with van der Waals surface area (Å²) in [6.45, 7) is 3.65. The molecule has 0 amide bonds. The van der Waals surface area contributed by atoms with Gasteiger partial charge in [-0.25, -0.2) is 4.18 Å². The zero-order chi connectivity index (χ0) is 46.8. The number of ether oxygens (including phenoxy) is 4. The van der Waals surface area contributed by atoms with Gasteiger partial charge >= 0.3 is 16.4 Å². The highest BCUT2D eigenvalue weighted by atomic mass is 32.3. The number of aliphatic hydroxyl groups excluding tert-OH is 3. The Morgan fingerprint density at radius 3 is 1.50 bits per heavy atom. The van der Waals surface area contributed by atoms with E-state index in [2.05, 4.69) is 127 Å². The fraction of sp³-hybridized carbons (Fsp3) is 0.627. The van der Waals surface area contributed by atoms with Crippen LogP contribution in [0.2, 0.25) is 0 Å². The molecule has 0 aromatic rings. The molecule has 13 heteroatoms. The van der Waals surface area contributed by atoms with E-state index in [1.165, 1.54) is 0 Å². The first-order valence-electron chi connectivity index (χ1n) is 23.6. The summed E-state index contributed by atoms with van der Waals surface area (Å²) in [7, 11) is -5.08. The van der Waals surface area contributed by atoms with Gasteiger partial charge in [-0.2, -0.15) is 8.42 Å². The van der Waals surface area contributed by atoms with E-state index in [1.54, 1.807) is 0 Å². The largest absolute Gasteiger partial charge is 0.457 e. The number of allylic oxidation sites excluding steroid dienone is 18. The van der Waals surface area contributed by atoms with Crippen LogP contribution < -0.4 is 0 Å². The third kappa shape index (κ3) is 34.2. The number of carbonyl (C=O) groups excluding carboxylic acids is 1. The monoisotopic (exact) mass is 919 g/mol. The maximum Gasteiger partial charge on any atom is 0.397 e. The second-order valence-electron chi connectivity index (χ2n) is 15.6. The molecular weight excluding hydrogens is 837 g/mol. The molecule has 0 radical (unpaired) electrons. The lowest BCUT2D eigenvalue weighted by Gasteiger charge is -2.41. The van der Waals surface area contributed by atoms with Crippen LogP contribution in [0, 0.1) is 0 Å². The van der Waals surface area contributed by atoms with Gasteiger partial charge in [0.15, 0.2) is 6.29 Å². The molecule has 6 unspecified atom stereocenters. The quantitative estimate of drug-likeness (QED) is 0.0199. The number of unbranched alkanes of at least 4 members (excludes halogenated alkanes) is 8. The highest BCUT2D eigenvalue weighted by molar-refractivity contribution is 7.80. The zero-order valence-corrected chi connectivity index (χ0v) is 39.6. The fourth-order valence-corrected chi connectivity index (χ4v) is 6.90. The topological polar surface area (TPSA) is 178 Å². The Hall–Kier alpha value is -3.24. The van der Waals surface area contributed by atoms with Crippen LogP contribution >= 0.6 is 0 Å². The predicted molar refractivity (Wildman–Crippen MR) is 257 cm³/mol. The number of rotatable bonds is 39. The molecule has 4 N–H and O–H groups in total. The first kappa shape index (κ1) is 58.8. The lowest BCUT2D eigenvalue weighted by molar-refractivity contribution is -0.301. The van der Waals surface area contributed by atoms with Crippen LogP contribution in [-0.2, 0) is 38.3 Å². The van der Waals surface area contributed by atoms with Gasteiger partial charge in [0.25, 0.3) is 0 Å². The Morgan fingerprint density at radius 1 is 0.594 bits per heavy atom. The van der Waals surface area contributed by atoms with Gasteiger partial charge in [-0.15, -0.1) is 0 Å². The Labute approximate surface area is 386 Å². The molecule has 1 heterocycles. The zero-order valence-electron chi connectivity index (χ0n) is 38.8. The SMILES string of the molecule is CC/C=C\C/C=C\C/C=C\C/C=C\C/C=C\CCCCCC(=O)OC(COCCCCCCC/C=C\C/C=C\C/C=C\C/C=C\CC)COC1OC(CO)C(O)C(OS(=O)(=O)O)C1O. The Balaban J connectivity index is 2.47. The third-order valence-corrected chi connectivity index (χ3v) is 10.4. The summed E-state index contributed by atoms with van der Waals surface area (Å²) >= 11 is 0. The van der Waals surface area contributed by atoms with Crippen molar-refractivity contribution in [3.63, 3.8) is 0 Å². The second kappa shape index (κ2) is 41.2. The van der Waals surface area contributed by atoms with Crippen LogP contribution in [0.3, 0.4) is 0 Å². The van der Waals surface area contributed by atoms with Crippen molar-refractivity contribution in [2.75, 3.05) is 26.4 Å². The standard InChI is InChI=1S/C51H82O12S/c1-3-5-7-9-11-13-15-17-19-21-23-24-26-28-30-32-34-36-38-40-47(53)61-45(44-60-51-49(55)50(63-64(56,57)58)48(54)46(42-52)62-51)43-59-41-39-37-35-33-31-29-27-25-22-20-18-16-14-12-10-8-6-4-2/h5-8,11-14,17-20,23-25,27-28,30,45-46,48-52,54-55H,3-4,9-10,15-16,21-22,26,29,31-44H2,1-2H3,(H,56,57,58)/b7-5-,8-6-,13-11-,14-12-,19-17-,20-18-,24-23-,27-25-,30-28-. The Kier molecular flexibility index (Phi) is 37.8. The molecule has 0 aromatic carbocycles. The van der Waals surface area contributed by atoms with Gasteiger partial charge in [-0.1, -0.05) is 149 Å². The van der Waals surface area contributed by atoms with Crippen molar-refractivity contribution in [2.24, 2.45) is 0 Å². The molecule has 64 heavy (non-hydrogen) atoms. The average molecular weight is 919 g/mol. The molecule has 1 aliphatic heterocycles. The molecule has 1 aliphatic rings. The summed E-state index contributed by atoms with van der Waals surface area (Å²) in [6, 6.07) is 0. The number of hydrogen-bond donors (Lipinski definition) is 4. The van der Waals surface area contributed by atoms with Crippen molar-refractivity contribution in [1.82, 2.24) is 0 Å². The maximum absolute atomic E-state index is 12.9. The summed E-state index contributed by atoms with van der Waals surface area (Å²) in [6.07, 6.45) is 48.3. The van der Waals surface area contributed by atoms with Crippen molar-refractivity contribution < 1.29 is 56.2 Å². The van der Waals surface area contributed by atoms with E-state index in [0.717, 1.165) is 116 Å². The van der Waals surface area contributed by atoms with E-state index >= 15 is 0 Å². The lowest BCUT2D eigenvalue weighted by atomic mass is 9.99. The number of esters is 1. The van der Waals surface area contributed by atoms with Crippen LogP contribution in [0.5, 0.6) is 0 Å². The summed E-state index contributed by atoms with van der Waals surface area (Å²) < 4.78 is 59.1. The van der Waals surface area contributed by atoms with E-state index in [0.29, 0.717) is 13.0 Å². The molecule has 364 valence electrons. The lowest BCUT2D eigenvalue weighted by Crippen LogP contribution is -2.60. The normalized spacial score (nSPS) is 20.8. The molecule has 0 spiro atoms. The fourth-order valence-electron chi connectivity index (χ4n) is 6.39. The molecule has 1 saturated heterocycles. The maximum atomic E-state index is 12.9. The first-order chi connectivity index (χ1) is 31.1. The molecule has 1 rings (SSSR count). The molecule has 0 aliphatic carbocycles. The van der Waals surface area contributed by atoms with Crippen LogP contribution in [0.4, 0.5) is 0 Å². The van der Waals surface area contributed by atoms with Crippen molar-refractivity contribution >= 4 is 16.4 Å². The van der Waals surface area contributed by atoms with Crippen LogP contribution in [0.25, 0.3) is 0 Å². The van der Waals surface area contributed by atoms with Gasteiger partial charge < -0.3 is 34.3 Å². The van der Waals surface area contributed by atoms with Crippen LogP contribution in [0.15, 0.2) is 109 Å².